The molecule has 0 heterocycles. The maximum atomic E-state index is 12.6. The third kappa shape index (κ3) is 3.87. The van der Waals surface area contributed by atoms with Crippen molar-refractivity contribution in [2.24, 2.45) is 0 Å². The van der Waals surface area contributed by atoms with Crippen LogP contribution in [0.3, 0.4) is 0 Å². The van der Waals surface area contributed by atoms with E-state index in [-0.39, 0.29) is 11.2 Å². The average Bonchev–Trinajstić information content (AvgIpc) is 2.46. The quantitative estimate of drug-likeness (QED) is 0.620. The number of hydrogen-bond donors (Lipinski definition) is 1. The Morgan fingerprint density at radius 3 is 1.75 bits per heavy atom. The zero-order valence-electron chi connectivity index (χ0n) is 14.9. The minimum absolute atomic E-state index is 0.227. The Bertz CT molecular complexity index is 744. The topological polar surface area (TPSA) is 46.5 Å². The van der Waals surface area contributed by atoms with Gasteiger partial charge in [0.05, 0.1) is 7.85 Å². The third-order valence-corrected chi connectivity index (χ3v) is 7.14. The SMILES string of the molecule is [B]C(C)(C)P(C)(=O)Oc1ccc(C(C)(C)c2ccc(O)cc2)cc1. The van der Waals surface area contributed by atoms with Crippen LogP contribution < -0.4 is 4.52 Å². The van der Waals surface area contributed by atoms with Crippen molar-refractivity contribution in [3.05, 3.63) is 59.7 Å². The Balaban J connectivity index is 2.26. The summed E-state index contributed by atoms with van der Waals surface area (Å²) in [7, 11) is 2.97. The van der Waals surface area contributed by atoms with Gasteiger partial charge in [0, 0.05) is 17.1 Å². The van der Waals surface area contributed by atoms with Gasteiger partial charge in [0.15, 0.2) is 0 Å². The lowest BCUT2D eigenvalue weighted by Gasteiger charge is -2.29. The molecule has 126 valence electrons. The van der Waals surface area contributed by atoms with Gasteiger partial charge in [-0.15, -0.1) is 0 Å². The Hall–Kier alpha value is -1.67. The summed E-state index contributed by atoms with van der Waals surface area (Å²) in [5.41, 5.74) is 1.96. The van der Waals surface area contributed by atoms with Crippen molar-refractivity contribution in [3.63, 3.8) is 0 Å². The number of phenols is 1. The second-order valence-electron chi connectivity index (χ2n) is 7.29. The Morgan fingerprint density at radius 1 is 0.917 bits per heavy atom. The minimum Gasteiger partial charge on any atom is -0.508 e. The highest BCUT2D eigenvalue weighted by molar-refractivity contribution is 7.61. The summed E-state index contributed by atoms with van der Waals surface area (Å²) >= 11 is 0. The number of benzene rings is 2. The molecule has 0 saturated heterocycles. The molecular weight excluding hydrogens is 318 g/mol. The standard InChI is InChI=1S/C19H24BO3P/c1-18(2,14-6-10-16(21)11-7-14)15-8-12-17(13-9-15)23-24(5,22)19(3,4)20/h6-13,21H,1-5H3. The first-order valence-corrected chi connectivity index (χ1v) is 9.97. The Kier molecular flexibility index (Phi) is 4.92. The molecule has 0 aliphatic heterocycles. The van der Waals surface area contributed by atoms with Crippen LogP contribution in [-0.4, -0.2) is 24.7 Å². The fourth-order valence-corrected chi connectivity index (χ4v) is 3.06. The van der Waals surface area contributed by atoms with E-state index in [1.807, 2.05) is 36.4 Å². The number of aromatic hydroxyl groups is 1. The molecule has 1 atom stereocenters. The van der Waals surface area contributed by atoms with Gasteiger partial charge < -0.3 is 9.63 Å². The highest BCUT2D eigenvalue weighted by Gasteiger charge is 2.33. The van der Waals surface area contributed by atoms with Crippen molar-refractivity contribution in [1.82, 2.24) is 0 Å². The van der Waals surface area contributed by atoms with E-state index in [1.54, 1.807) is 32.6 Å². The molecule has 0 aliphatic carbocycles. The molecule has 0 aliphatic rings. The zero-order chi connectivity index (χ0) is 18.2. The minimum atomic E-state index is -2.97. The molecule has 0 aromatic heterocycles. The lowest BCUT2D eigenvalue weighted by molar-refractivity contribution is 0.472. The van der Waals surface area contributed by atoms with Crippen molar-refractivity contribution in [2.75, 3.05) is 6.66 Å². The summed E-state index contributed by atoms with van der Waals surface area (Å²) in [6.45, 7) is 9.19. The van der Waals surface area contributed by atoms with Gasteiger partial charge in [0.1, 0.15) is 11.5 Å². The van der Waals surface area contributed by atoms with Gasteiger partial charge in [0.2, 0.25) is 7.37 Å². The summed E-state index contributed by atoms with van der Waals surface area (Å²) in [5.74, 6) is 0.797. The molecule has 3 nitrogen and oxygen atoms in total. The molecule has 0 fully saturated rings. The first-order chi connectivity index (χ1) is 10.9. The first-order valence-electron chi connectivity index (χ1n) is 7.90. The summed E-state index contributed by atoms with van der Waals surface area (Å²) in [6.07, 6.45) is 0. The highest BCUT2D eigenvalue weighted by Crippen LogP contribution is 2.53. The molecule has 2 aromatic rings. The van der Waals surface area contributed by atoms with E-state index in [1.165, 1.54) is 0 Å². The molecule has 24 heavy (non-hydrogen) atoms. The molecule has 5 heteroatoms. The van der Waals surface area contributed by atoms with Crippen LogP contribution in [0.2, 0.25) is 0 Å². The van der Waals surface area contributed by atoms with Gasteiger partial charge in [-0.25, -0.2) is 0 Å². The van der Waals surface area contributed by atoms with Crippen LogP contribution in [0.25, 0.3) is 0 Å². The van der Waals surface area contributed by atoms with Crippen molar-refractivity contribution in [3.8, 4) is 11.5 Å². The molecule has 0 spiro atoms. The molecule has 2 rings (SSSR count). The maximum Gasteiger partial charge on any atom is 0.241 e. The fourth-order valence-electron chi connectivity index (χ4n) is 2.30. The van der Waals surface area contributed by atoms with E-state index >= 15 is 0 Å². The Labute approximate surface area is 145 Å². The lowest BCUT2D eigenvalue weighted by Crippen LogP contribution is -2.22. The summed E-state index contributed by atoms with van der Waals surface area (Å²) in [6, 6.07) is 14.8. The predicted molar refractivity (Wildman–Crippen MR) is 101 cm³/mol. The highest BCUT2D eigenvalue weighted by atomic mass is 31.2. The molecule has 1 N–H and O–H groups in total. The average molecular weight is 342 g/mol. The van der Waals surface area contributed by atoms with Gasteiger partial charge in [-0.2, -0.15) is 0 Å². The van der Waals surface area contributed by atoms with Crippen LogP contribution in [0.15, 0.2) is 48.5 Å². The van der Waals surface area contributed by atoms with Gasteiger partial charge in [-0.05, 0) is 35.4 Å². The van der Waals surface area contributed by atoms with E-state index in [4.69, 9.17) is 12.4 Å². The second kappa shape index (κ2) is 6.33. The lowest BCUT2D eigenvalue weighted by atomic mass is 9.78. The van der Waals surface area contributed by atoms with Crippen molar-refractivity contribution < 1.29 is 14.2 Å². The van der Waals surface area contributed by atoms with E-state index in [2.05, 4.69) is 13.8 Å². The van der Waals surface area contributed by atoms with Crippen molar-refractivity contribution in [2.45, 2.75) is 38.2 Å². The molecular formula is C19H24BO3P. The summed E-state index contributed by atoms with van der Waals surface area (Å²) < 4.78 is 18.2. The predicted octanol–water partition coefficient (Wildman–Crippen LogP) is 4.91. The molecule has 1 unspecified atom stereocenters. The largest absolute Gasteiger partial charge is 0.508 e. The summed E-state index contributed by atoms with van der Waals surface area (Å²) in [4.78, 5) is 0. The normalized spacial score (nSPS) is 14.9. The van der Waals surface area contributed by atoms with Crippen LogP contribution in [0.5, 0.6) is 11.5 Å². The third-order valence-electron chi connectivity index (χ3n) is 4.49. The van der Waals surface area contributed by atoms with Crippen molar-refractivity contribution in [1.29, 1.82) is 0 Å². The number of phenolic OH excluding ortho intramolecular Hbond substituents is 1. The number of rotatable bonds is 5. The van der Waals surface area contributed by atoms with E-state index in [0.717, 1.165) is 11.1 Å². The molecule has 2 aromatic carbocycles. The van der Waals surface area contributed by atoms with Crippen LogP contribution in [0.1, 0.15) is 38.8 Å². The second-order valence-corrected chi connectivity index (χ2v) is 10.3. The monoisotopic (exact) mass is 342 g/mol. The van der Waals surface area contributed by atoms with Crippen LogP contribution in [0.4, 0.5) is 0 Å². The molecule has 0 saturated carbocycles. The molecule has 2 radical (unpaired) electrons. The van der Waals surface area contributed by atoms with Gasteiger partial charge in [-0.1, -0.05) is 52.0 Å². The molecule has 0 bridgehead atoms. The maximum absolute atomic E-state index is 12.6. The van der Waals surface area contributed by atoms with E-state index in [0.29, 0.717) is 5.75 Å². The Morgan fingerprint density at radius 2 is 1.33 bits per heavy atom. The van der Waals surface area contributed by atoms with Gasteiger partial charge >= 0.3 is 0 Å². The van der Waals surface area contributed by atoms with E-state index < -0.39 is 12.4 Å². The van der Waals surface area contributed by atoms with Crippen LogP contribution >= 0.6 is 7.37 Å². The smallest absolute Gasteiger partial charge is 0.241 e. The first kappa shape index (κ1) is 18.7. The molecule has 0 amide bonds. The van der Waals surface area contributed by atoms with Crippen LogP contribution in [0, 0.1) is 0 Å². The summed E-state index contributed by atoms with van der Waals surface area (Å²) in [5, 5.41) is 8.56. The number of hydrogen-bond acceptors (Lipinski definition) is 3. The van der Waals surface area contributed by atoms with Gasteiger partial charge in [-0.3, -0.25) is 4.57 Å². The van der Waals surface area contributed by atoms with Crippen LogP contribution in [-0.2, 0) is 9.98 Å². The fraction of sp³-hybridized carbons (Fsp3) is 0.368. The van der Waals surface area contributed by atoms with Crippen molar-refractivity contribution >= 4 is 15.2 Å². The van der Waals surface area contributed by atoms with Gasteiger partial charge in [0.25, 0.3) is 0 Å². The van der Waals surface area contributed by atoms with E-state index in [9.17, 15) is 9.67 Å². The zero-order valence-corrected chi connectivity index (χ0v) is 15.8.